The molecular formula is C19H29N3O4. The third-order valence-corrected chi connectivity index (χ3v) is 4.82. The molecule has 2 aliphatic heterocycles. The fourth-order valence-corrected chi connectivity index (χ4v) is 3.55. The highest BCUT2D eigenvalue weighted by Gasteiger charge is 2.39. The Morgan fingerprint density at radius 3 is 2.85 bits per heavy atom. The van der Waals surface area contributed by atoms with E-state index in [1.807, 2.05) is 26.8 Å². The summed E-state index contributed by atoms with van der Waals surface area (Å²) in [6.07, 6.45) is 5.14. The number of anilines is 1. The number of urea groups is 1. The van der Waals surface area contributed by atoms with E-state index in [0.29, 0.717) is 18.2 Å². The second-order valence-electron chi connectivity index (χ2n) is 7.46. The Kier molecular flexibility index (Phi) is 5.98. The normalized spacial score (nSPS) is 22.2. The van der Waals surface area contributed by atoms with E-state index in [-0.39, 0.29) is 23.8 Å². The van der Waals surface area contributed by atoms with Gasteiger partial charge in [0.1, 0.15) is 5.69 Å². The standard InChI is InChI=1S/C19H29N3O4/c1-13(2)26-17-16(10-14(3)12-20-17)22-18(23)21-15-4-7-25-19(11-15)5-8-24-9-6-19/h10,12-13,15H,4-9,11H2,1-3H3,(H2,21,22,23). The number of amides is 2. The lowest BCUT2D eigenvalue weighted by atomic mass is 9.84. The number of nitrogens with one attached hydrogen (secondary N) is 2. The number of carbonyl (C=O) groups excluding carboxylic acids is 1. The lowest BCUT2D eigenvalue weighted by Gasteiger charge is -2.43. The molecule has 1 aromatic rings. The third-order valence-electron chi connectivity index (χ3n) is 4.82. The van der Waals surface area contributed by atoms with Gasteiger partial charge in [-0.2, -0.15) is 0 Å². The minimum Gasteiger partial charge on any atom is -0.473 e. The second-order valence-corrected chi connectivity index (χ2v) is 7.46. The van der Waals surface area contributed by atoms with Gasteiger partial charge >= 0.3 is 6.03 Å². The van der Waals surface area contributed by atoms with Gasteiger partial charge in [0.2, 0.25) is 5.88 Å². The van der Waals surface area contributed by atoms with Crippen LogP contribution < -0.4 is 15.4 Å². The number of ether oxygens (including phenoxy) is 3. The molecule has 2 aliphatic rings. The van der Waals surface area contributed by atoms with Crippen LogP contribution in [0.1, 0.15) is 45.1 Å². The number of hydrogen-bond donors (Lipinski definition) is 2. The monoisotopic (exact) mass is 363 g/mol. The molecule has 7 heteroatoms. The van der Waals surface area contributed by atoms with Crippen LogP contribution >= 0.6 is 0 Å². The van der Waals surface area contributed by atoms with Crippen LogP contribution in [0.2, 0.25) is 0 Å². The summed E-state index contributed by atoms with van der Waals surface area (Å²) in [7, 11) is 0. The van der Waals surface area contributed by atoms with Gasteiger partial charge in [-0.25, -0.2) is 9.78 Å². The van der Waals surface area contributed by atoms with Crippen LogP contribution in [-0.2, 0) is 9.47 Å². The van der Waals surface area contributed by atoms with Crippen LogP contribution in [0, 0.1) is 6.92 Å². The molecule has 3 heterocycles. The first-order chi connectivity index (χ1) is 12.5. The Morgan fingerprint density at radius 2 is 2.12 bits per heavy atom. The third kappa shape index (κ3) is 4.86. The molecular weight excluding hydrogens is 334 g/mol. The molecule has 0 saturated carbocycles. The van der Waals surface area contributed by atoms with E-state index in [1.165, 1.54) is 0 Å². The highest BCUT2D eigenvalue weighted by atomic mass is 16.5. The van der Waals surface area contributed by atoms with Gasteiger partial charge in [0, 0.05) is 32.1 Å². The second kappa shape index (κ2) is 8.22. The van der Waals surface area contributed by atoms with Crippen LogP contribution in [0.4, 0.5) is 10.5 Å². The first-order valence-electron chi connectivity index (χ1n) is 9.38. The topological polar surface area (TPSA) is 81.7 Å². The summed E-state index contributed by atoms with van der Waals surface area (Å²) in [5.41, 5.74) is 1.40. The number of hydrogen-bond acceptors (Lipinski definition) is 5. The first-order valence-corrected chi connectivity index (χ1v) is 9.38. The average molecular weight is 363 g/mol. The van der Waals surface area contributed by atoms with Crippen molar-refractivity contribution in [2.75, 3.05) is 25.1 Å². The van der Waals surface area contributed by atoms with Crippen molar-refractivity contribution < 1.29 is 19.0 Å². The SMILES string of the molecule is Cc1cnc(OC(C)C)c(NC(=O)NC2CCOC3(CCOCC3)C2)c1. The van der Waals surface area contributed by atoms with Gasteiger partial charge in [-0.3, -0.25) is 0 Å². The van der Waals surface area contributed by atoms with E-state index in [4.69, 9.17) is 14.2 Å². The molecule has 1 unspecified atom stereocenters. The molecule has 144 valence electrons. The van der Waals surface area contributed by atoms with Crippen molar-refractivity contribution >= 4 is 11.7 Å². The van der Waals surface area contributed by atoms with Crippen molar-refractivity contribution in [3.05, 3.63) is 17.8 Å². The van der Waals surface area contributed by atoms with Gasteiger partial charge < -0.3 is 24.8 Å². The first kappa shape index (κ1) is 18.9. The average Bonchev–Trinajstić information content (AvgIpc) is 2.57. The zero-order chi connectivity index (χ0) is 18.6. The van der Waals surface area contributed by atoms with E-state index in [1.54, 1.807) is 6.20 Å². The number of aromatic nitrogens is 1. The van der Waals surface area contributed by atoms with E-state index in [9.17, 15) is 4.79 Å². The van der Waals surface area contributed by atoms with Crippen molar-refractivity contribution in [3.63, 3.8) is 0 Å². The van der Waals surface area contributed by atoms with Crippen molar-refractivity contribution in [2.24, 2.45) is 0 Å². The molecule has 2 amide bonds. The van der Waals surface area contributed by atoms with Crippen LogP contribution in [0.15, 0.2) is 12.3 Å². The zero-order valence-corrected chi connectivity index (χ0v) is 15.8. The number of carbonyl (C=O) groups is 1. The van der Waals surface area contributed by atoms with E-state index in [2.05, 4.69) is 15.6 Å². The predicted octanol–water partition coefficient (Wildman–Crippen LogP) is 3.03. The molecule has 26 heavy (non-hydrogen) atoms. The summed E-state index contributed by atoms with van der Waals surface area (Å²) >= 11 is 0. The molecule has 2 fully saturated rings. The maximum absolute atomic E-state index is 12.5. The van der Waals surface area contributed by atoms with E-state index < -0.39 is 0 Å². The van der Waals surface area contributed by atoms with Crippen molar-refractivity contribution in [1.82, 2.24) is 10.3 Å². The lowest BCUT2D eigenvalue weighted by molar-refractivity contribution is -0.139. The molecule has 0 radical (unpaired) electrons. The molecule has 3 rings (SSSR count). The number of pyridine rings is 1. The Hall–Kier alpha value is -1.86. The minimum absolute atomic E-state index is 0.0160. The molecule has 0 bridgehead atoms. The lowest BCUT2D eigenvalue weighted by Crippen LogP contribution is -2.51. The summed E-state index contributed by atoms with van der Waals surface area (Å²) in [6, 6.07) is 1.73. The van der Waals surface area contributed by atoms with Crippen molar-refractivity contribution in [1.29, 1.82) is 0 Å². The molecule has 2 saturated heterocycles. The summed E-state index contributed by atoms with van der Waals surface area (Å²) in [5.74, 6) is 0.439. The molecule has 1 atom stereocenters. The van der Waals surface area contributed by atoms with Crippen LogP contribution in [0.3, 0.4) is 0 Å². The smallest absolute Gasteiger partial charge is 0.319 e. The highest BCUT2D eigenvalue weighted by Crippen LogP contribution is 2.34. The quantitative estimate of drug-likeness (QED) is 0.859. The minimum atomic E-state index is -0.236. The van der Waals surface area contributed by atoms with Gasteiger partial charge in [-0.1, -0.05) is 0 Å². The highest BCUT2D eigenvalue weighted by molar-refractivity contribution is 5.90. The predicted molar refractivity (Wildman–Crippen MR) is 98.7 cm³/mol. The van der Waals surface area contributed by atoms with Gasteiger partial charge in [-0.05, 0) is 58.1 Å². The molecule has 0 aliphatic carbocycles. The van der Waals surface area contributed by atoms with Gasteiger partial charge in [-0.15, -0.1) is 0 Å². The Bertz CT molecular complexity index is 624. The van der Waals surface area contributed by atoms with Crippen molar-refractivity contribution in [2.45, 2.75) is 64.2 Å². The largest absolute Gasteiger partial charge is 0.473 e. The fraction of sp³-hybridized carbons (Fsp3) is 0.684. The molecule has 1 aromatic heterocycles. The van der Waals surface area contributed by atoms with Crippen molar-refractivity contribution in [3.8, 4) is 5.88 Å². The maximum atomic E-state index is 12.5. The molecule has 0 aromatic carbocycles. The number of aryl methyl sites for hydroxylation is 1. The van der Waals surface area contributed by atoms with Crippen LogP contribution in [-0.4, -0.2) is 48.6 Å². The van der Waals surface area contributed by atoms with Gasteiger partial charge in [0.25, 0.3) is 0 Å². The van der Waals surface area contributed by atoms with E-state index >= 15 is 0 Å². The van der Waals surface area contributed by atoms with Gasteiger partial charge in [0.05, 0.1) is 11.7 Å². The number of nitrogens with zero attached hydrogens (tertiary/aromatic N) is 1. The summed E-state index contributed by atoms with van der Waals surface area (Å²) in [5, 5.41) is 5.98. The fourth-order valence-electron chi connectivity index (χ4n) is 3.55. The molecule has 1 spiro atoms. The Morgan fingerprint density at radius 1 is 1.35 bits per heavy atom. The summed E-state index contributed by atoms with van der Waals surface area (Å²) < 4.78 is 17.2. The zero-order valence-electron chi connectivity index (χ0n) is 15.8. The van der Waals surface area contributed by atoms with E-state index in [0.717, 1.165) is 44.5 Å². The molecule has 7 nitrogen and oxygen atoms in total. The maximum Gasteiger partial charge on any atom is 0.319 e. The Labute approximate surface area is 154 Å². The van der Waals surface area contributed by atoms with Gasteiger partial charge in [0.15, 0.2) is 0 Å². The number of rotatable bonds is 4. The van der Waals surface area contributed by atoms with Crippen LogP contribution in [0.25, 0.3) is 0 Å². The van der Waals surface area contributed by atoms with Crippen LogP contribution in [0.5, 0.6) is 5.88 Å². The summed E-state index contributed by atoms with van der Waals surface area (Å²) in [4.78, 5) is 16.8. The molecule has 2 N–H and O–H groups in total. The Balaban J connectivity index is 1.61. The summed E-state index contributed by atoms with van der Waals surface area (Å²) in [6.45, 7) is 7.91.